The molecular formula is C20H24N4O2S. The van der Waals surface area contributed by atoms with Crippen molar-refractivity contribution in [3.63, 3.8) is 0 Å². The van der Waals surface area contributed by atoms with E-state index >= 15 is 0 Å². The van der Waals surface area contributed by atoms with Crippen LogP contribution in [0.3, 0.4) is 0 Å². The maximum Gasteiger partial charge on any atom is 0.252 e. The van der Waals surface area contributed by atoms with Crippen LogP contribution in [0.4, 0.5) is 5.13 Å². The van der Waals surface area contributed by atoms with Gasteiger partial charge in [0.05, 0.1) is 5.69 Å². The first-order valence-electron chi connectivity index (χ1n) is 9.24. The minimum atomic E-state index is -0.169. The van der Waals surface area contributed by atoms with Gasteiger partial charge in [-0.05, 0) is 43.5 Å². The van der Waals surface area contributed by atoms with Crippen molar-refractivity contribution in [1.82, 2.24) is 14.9 Å². The van der Waals surface area contributed by atoms with Crippen molar-refractivity contribution < 1.29 is 9.53 Å². The van der Waals surface area contributed by atoms with Gasteiger partial charge in [0.25, 0.3) is 5.91 Å². The SMILES string of the molecule is COCC(=O)Nc1nc(CN2CCC(c3c[nH]c4ccccc34)CC2)cs1. The molecule has 142 valence electrons. The second-order valence-electron chi connectivity index (χ2n) is 6.97. The van der Waals surface area contributed by atoms with Crippen LogP contribution in [0.2, 0.25) is 0 Å². The number of nitrogens with one attached hydrogen (secondary N) is 2. The fourth-order valence-corrected chi connectivity index (χ4v) is 4.50. The average molecular weight is 385 g/mol. The first-order chi connectivity index (χ1) is 13.2. The molecule has 0 saturated carbocycles. The molecule has 2 aromatic heterocycles. The van der Waals surface area contributed by atoms with Gasteiger partial charge < -0.3 is 9.72 Å². The topological polar surface area (TPSA) is 70.2 Å². The summed E-state index contributed by atoms with van der Waals surface area (Å²) in [7, 11) is 1.51. The van der Waals surface area contributed by atoms with Gasteiger partial charge in [-0.1, -0.05) is 18.2 Å². The smallest absolute Gasteiger partial charge is 0.252 e. The van der Waals surface area contributed by atoms with Crippen molar-refractivity contribution in [1.29, 1.82) is 0 Å². The molecule has 6 nitrogen and oxygen atoms in total. The highest BCUT2D eigenvalue weighted by Crippen LogP contribution is 2.33. The van der Waals surface area contributed by atoms with E-state index in [1.54, 1.807) is 0 Å². The Morgan fingerprint density at radius 2 is 2.19 bits per heavy atom. The monoisotopic (exact) mass is 384 g/mol. The van der Waals surface area contributed by atoms with E-state index in [0.717, 1.165) is 38.2 Å². The lowest BCUT2D eigenvalue weighted by Crippen LogP contribution is -2.32. The zero-order chi connectivity index (χ0) is 18.6. The first kappa shape index (κ1) is 18.2. The minimum absolute atomic E-state index is 0.0518. The summed E-state index contributed by atoms with van der Waals surface area (Å²) >= 11 is 1.46. The number of hydrogen-bond acceptors (Lipinski definition) is 5. The Hall–Kier alpha value is -2.22. The van der Waals surface area contributed by atoms with E-state index in [1.165, 1.54) is 34.9 Å². The van der Waals surface area contributed by atoms with E-state index < -0.39 is 0 Å². The van der Waals surface area contributed by atoms with E-state index in [1.807, 2.05) is 5.38 Å². The Bertz CT molecular complexity index is 911. The van der Waals surface area contributed by atoms with Crippen molar-refractivity contribution in [3.05, 3.63) is 47.1 Å². The van der Waals surface area contributed by atoms with E-state index in [2.05, 4.69) is 50.6 Å². The van der Waals surface area contributed by atoms with Crippen LogP contribution in [0.1, 0.15) is 30.0 Å². The number of anilines is 1. The third-order valence-electron chi connectivity index (χ3n) is 5.11. The number of carbonyl (C=O) groups is 1. The quantitative estimate of drug-likeness (QED) is 0.681. The third kappa shape index (κ3) is 4.21. The molecule has 0 bridgehead atoms. The van der Waals surface area contributed by atoms with Crippen LogP contribution in [-0.4, -0.2) is 47.6 Å². The minimum Gasteiger partial charge on any atom is -0.375 e. The summed E-state index contributed by atoms with van der Waals surface area (Å²) in [6.07, 6.45) is 4.49. The molecule has 1 amide bonds. The predicted molar refractivity (Wildman–Crippen MR) is 108 cm³/mol. The highest BCUT2D eigenvalue weighted by atomic mass is 32.1. The van der Waals surface area contributed by atoms with E-state index in [4.69, 9.17) is 4.74 Å². The van der Waals surface area contributed by atoms with Gasteiger partial charge in [-0.2, -0.15) is 0 Å². The average Bonchev–Trinajstić information content (AvgIpc) is 3.29. The fraction of sp³-hybridized carbons (Fsp3) is 0.400. The van der Waals surface area contributed by atoms with Gasteiger partial charge in [0, 0.05) is 36.1 Å². The number of ether oxygens (including phenoxy) is 1. The summed E-state index contributed by atoms with van der Waals surface area (Å²) in [6, 6.07) is 8.53. The van der Waals surface area contributed by atoms with Gasteiger partial charge in [-0.3, -0.25) is 15.0 Å². The molecule has 1 aliphatic rings. The molecule has 3 heterocycles. The summed E-state index contributed by atoms with van der Waals surface area (Å²) in [4.78, 5) is 21.9. The normalized spacial score (nSPS) is 16.0. The van der Waals surface area contributed by atoms with Crippen LogP contribution < -0.4 is 5.32 Å². The molecule has 4 rings (SSSR count). The van der Waals surface area contributed by atoms with Gasteiger partial charge in [-0.15, -0.1) is 11.3 Å². The maximum absolute atomic E-state index is 11.6. The third-order valence-corrected chi connectivity index (χ3v) is 5.91. The lowest BCUT2D eigenvalue weighted by atomic mass is 9.89. The second-order valence-corrected chi connectivity index (χ2v) is 7.82. The first-order valence-corrected chi connectivity index (χ1v) is 10.1. The highest BCUT2D eigenvalue weighted by Gasteiger charge is 2.23. The standard InChI is InChI=1S/C20H24N4O2S/c1-26-12-19(25)23-20-22-15(13-27-20)11-24-8-6-14(7-9-24)17-10-21-18-5-3-2-4-16(17)18/h2-5,10,13-14,21H,6-9,11-12H2,1H3,(H,22,23,25). The molecule has 0 atom stereocenters. The molecule has 1 aliphatic heterocycles. The Labute approximate surface area is 162 Å². The molecule has 0 radical (unpaired) electrons. The number of methoxy groups -OCH3 is 1. The number of rotatable bonds is 6. The Kier molecular flexibility index (Phi) is 5.52. The van der Waals surface area contributed by atoms with Crippen molar-refractivity contribution in [2.24, 2.45) is 0 Å². The van der Waals surface area contributed by atoms with Crippen molar-refractivity contribution in [3.8, 4) is 0 Å². The van der Waals surface area contributed by atoms with Crippen LogP contribution >= 0.6 is 11.3 Å². The van der Waals surface area contributed by atoms with Crippen molar-refractivity contribution in [2.75, 3.05) is 32.1 Å². The fourth-order valence-electron chi connectivity index (χ4n) is 3.79. The number of H-pyrrole nitrogens is 1. The molecule has 2 N–H and O–H groups in total. The van der Waals surface area contributed by atoms with Gasteiger partial charge in [-0.25, -0.2) is 4.98 Å². The number of aromatic amines is 1. The van der Waals surface area contributed by atoms with Gasteiger partial charge in [0.2, 0.25) is 0 Å². The number of carbonyl (C=O) groups excluding carboxylic acids is 1. The number of para-hydroxylation sites is 1. The number of thiazole rings is 1. The number of likely N-dealkylation sites (tertiary alicyclic amines) is 1. The Morgan fingerprint density at radius 1 is 1.37 bits per heavy atom. The molecule has 0 aliphatic carbocycles. The number of aromatic nitrogens is 2. The molecule has 1 aromatic carbocycles. The molecule has 7 heteroatoms. The van der Waals surface area contributed by atoms with Crippen LogP contribution in [0, 0.1) is 0 Å². The summed E-state index contributed by atoms with van der Waals surface area (Å²) in [5, 5.41) is 6.78. The van der Waals surface area contributed by atoms with Gasteiger partial charge >= 0.3 is 0 Å². The zero-order valence-electron chi connectivity index (χ0n) is 15.4. The summed E-state index contributed by atoms with van der Waals surface area (Å²) in [6.45, 7) is 3.01. The number of fused-ring (bicyclic) bond motifs is 1. The van der Waals surface area contributed by atoms with Crippen LogP contribution in [-0.2, 0) is 16.1 Å². The van der Waals surface area contributed by atoms with Crippen LogP contribution in [0.5, 0.6) is 0 Å². The Balaban J connectivity index is 1.32. The predicted octanol–water partition coefficient (Wildman–Crippen LogP) is 3.59. The molecule has 0 spiro atoms. The van der Waals surface area contributed by atoms with Crippen molar-refractivity contribution >= 4 is 33.3 Å². The van der Waals surface area contributed by atoms with E-state index in [0.29, 0.717) is 11.0 Å². The molecule has 0 unspecified atom stereocenters. The zero-order valence-corrected chi connectivity index (χ0v) is 16.2. The van der Waals surface area contributed by atoms with Crippen LogP contribution in [0.15, 0.2) is 35.8 Å². The van der Waals surface area contributed by atoms with Crippen LogP contribution in [0.25, 0.3) is 10.9 Å². The number of nitrogens with zero attached hydrogens (tertiary/aromatic N) is 2. The number of benzene rings is 1. The highest BCUT2D eigenvalue weighted by molar-refractivity contribution is 7.13. The van der Waals surface area contributed by atoms with Crippen molar-refractivity contribution in [2.45, 2.75) is 25.3 Å². The molecule has 3 aromatic rings. The number of piperidine rings is 1. The molecule has 1 saturated heterocycles. The van der Waals surface area contributed by atoms with E-state index in [-0.39, 0.29) is 12.5 Å². The van der Waals surface area contributed by atoms with Gasteiger partial charge in [0.15, 0.2) is 5.13 Å². The molecule has 27 heavy (non-hydrogen) atoms. The largest absolute Gasteiger partial charge is 0.375 e. The van der Waals surface area contributed by atoms with E-state index in [9.17, 15) is 4.79 Å². The molecule has 1 fully saturated rings. The summed E-state index contributed by atoms with van der Waals surface area (Å²) in [5.74, 6) is 0.440. The van der Waals surface area contributed by atoms with Gasteiger partial charge in [0.1, 0.15) is 6.61 Å². The number of hydrogen-bond donors (Lipinski definition) is 2. The summed E-state index contributed by atoms with van der Waals surface area (Å²) < 4.78 is 4.83. The lowest BCUT2D eigenvalue weighted by Gasteiger charge is -2.31. The Morgan fingerprint density at radius 3 is 3.00 bits per heavy atom. The number of amides is 1. The second kappa shape index (κ2) is 8.21. The summed E-state index contributed by atoms with van der Waals surface area (Å²) in [5.41, 5.74) is 3.68. The molecular weight excluding hydrogens is 360 g/mol. The maximum atomic E-state index is 11.6. The lowest BCUT2D eigenvalue weighted by molar-refractivity contribution is -0.119.